The molecule has 0 saturated carbocycles. The summed E-state index contributed by atoms with van der Waals surface area (Å²) in [5, 5.41) is 9.42. The van der Waals surface area contributed by atoms with Gasteiger partial charge in [0.2, 0.25) is 0 Å². The van der Waals surface area contributed by atoms with Crippen molar-refractivity contribution >= 4 is 40.9 Å². The summed E-state index contributed by atoms with van der Waals surface area (Å²) < 4.78 is 64.9. The van der Waals surface area contributed by atoms with Crippen molar-refractivity contribution in [1.82, 2.24) is 4.90 Å². The molecule has 0 aromatic heterocycles. The number of hydrogen-bond donors (Lipinski definition) is 1. The van der Waals surface area contributed by atoms with Crippen molar-refractivity contribution in [2.24, 2.45) is 4.40 Å². The Labute approximate surface area is 220 Å². The second-order valence-corrected chi connectivity index (χ2v) is 11.4. The largest absolute Gasteiger partial charge is 0.409 e. The third-order valence-corrected chi connectivity index (χ3v) is 9.01. The van der Waals surface area contributed by atoms with Crippen molar-refractivity contribution in [1.29, 1.82) is 0 Å². The zero-order valence-electron chi connectivity index (χ0n) is 19.3. The first-order valence-corrected chi connectivity index (χ1v) is 13.2. The number of nitrogens with zero attached hydrogens (tertiary/aromatic N) is 2. The van der Waals surface area contributed by atoms with Gasteiger partial charge in [-0.25, -0.2) is 8.79 Å². The molecule has 1 fully saturated rings. The SMILES string of the molecule is CCCCC(O)N1CC2(C1)OCc1cc(C3=NSC(c4cc(Cl)c(F)c(Cl)c4)(C(F)(F)F)C3)ccc12. The first-order chi connectivity index (χ1) is 17.0. The van der Waals surface area contributed by atoms with Crippen LogP contribution in [0.2, 0.25) is 10.0 Å². The normalized spacial score (nSPS) is 24.1. The van der Waals surface area contributed by atoms with Crippen molar-refractivity contribution in [3.63, 3.8) is 0 Å². The van der Waals surface area contributed by atoms with E-state index in [4.69, 9.17) is 27.9 Å². The van der Waals surface area contributed by atoms with Gasteiger partial charge in [-0.05, 0) is 65.2 Å². The Morgan fingerprint density at radius 2 is 1.89 bits per heavy atom. The highest BCUT2D eigenvalue weighted by molar-refractivity contribution is 7.99. The second-order valence-electron chi connectivity index (χ2n) is 9.57. The van der Waals surface area contributed by atoms with Gasteiger partial charge in [-0.2, -0.15) is 13.2 Å². The third-order valence-electron chi connectivity index (χ3n) is 7.22. The molecule has 36 heavy (non-hydrogen) atoms. The second kappa shape index (κ2) is 9.43. The molecule has 4 nitrogen and oxygen atoms in total. The van der Waals surface area contributed by atoms with Crippen molar-refractivity contribution in [2.75, 3.05) is 13.1 Å². The van der Waals surface area contributed by atoms with E-state index in [2.05, 4.69) is 11.3 Å². The summed E-state index contributed by atoms with van der Waals surface area (Å²) in [7, 11) is 0. The monoisotopic (exact) mass is 562 g/mol. The standard InChI is InChI=1S/C25H24Cl2F4N2O2S/c1-2-3-4-21(34)33-12-23(13-33)17-6-5-14(7-15(17)11-35-23)20-10-24(36-32-20,25(29,30)31)16-8-18(26)22(28)19(27)9-16/h5-9,21,34H,2-4,10-13H2,1H3. The van der Waals surface area contributed by atoms with Crippen molar-refractivity contribution in [3.05, 3.63) is 68.4 Å². The highest BCUT2D eigenvalue weighted by Crippen LogP contribution is 2.57. The topological polar surface area (TPSA) is 45.1 Å². The van der Waals surface area contributed by atoms with E-state index in [-0.39, 0.29) is 11.3 Å². The summed E-state index contributed by atoms with van der Waals surface area (Å²) in [6.07, 6.45) is -2.97. The Morgan fingerprint density at radius 3 is 2.53 bits per heavy atom. The maximum Gasteiger partial charge on any atom is 0.409 e. The first-order valence-electron chi connectivity index (χ1n) is 11.7. The van der Waals surface area contributed by atoms with Gasteiger partial charge in [0.25, 0.3) is 0 Å². The molecular formula is C25H24Cl2F4N2O2S. The van der Waals surface area contributed by atoms with Crippen LogP contribution in [0.4, 0.5) is 17.6 Å². The molecule has 3 aliphatic rings. The maximum atomic E-state index is 14.4. The van der Waals surface area contributed by atoms with Crippen LogP contribution in [0.1, 0.15) is 54.9 Å². The summed E-state index contributed by atoms with van der Waals surface area (Å²) >= 11 is 12.0. The average molecular weight is 563 g/mol. The number of hydrogen-bond acceptors (Lipinski definition) is 5. The van der Waals surface area contributed by atoms with Crippen LogP contribution in [0.15, 0.2) is 34.7 Å². The van der Waals surface area contributed by atoms with Crippen LogP contribution in [0.25, 0.3) is 0 Å². The number of alkyl halides is 3. The highest BCUT2D eigenvalue weighted by Gasteiger charge is 2.60. The molecule has 1 spiro atoms. The number of unbranched alkanes of at least 4 members (excludes halogenated alkanes) is 1. The van der Waals surface area contributed by atoms with E-state index in [9.17, 15) is 22.7 Å². The number of rotatable bonds is 6. The van der Waals surface area contributed by atoms with Gasteiger partial charge in [-0.15, -0.1) is 0 Å². The van der Waals surface area contributed by atoms with Gasteiger partial charge in [0.15, 0.2) is 10.6 Å². The predicted octanol–water partition coefficient (Wildman–Crippen LogP) is 6.98. The Balaban J connectivity index is 1.37. The Hall–Kier alpha value is -1.36. The average Bonchev–Trinajstić information content (AvgIpc) is 3.42. The fourth-order valence-corrected chi connectivity index (χ4v) is 6.58. The number of aliphatic hydroxyl groups excluding tert-OH is 1. The summed E-state index contributed by atoms with van der Waals surface area (Å²) in [5.74, 6) is -0.955. The fourth-order valence-electron chi connectivity index (χ4n) is 5.13. The lowest BCUT2D eigenvalue weighted by molar-refractivity contribution is -0.189. The quantitative estimate of drug-likeness (QED) is 0.234. The Kier molecular flexibility index (Phi) is 6.88. The molecule has 2 atom stereocenters. The Bertz CT molecular complexity index is 1200. The van der Waals surface area contributed by atoms with Gasteiger partial charge in [-0.1, -0.05) is 48.7 Å². The van der Waals surface area contributed by atoms with Gasteiger partial charge in [-0.3, -0.25) is 4.90 Å². The fraction of sp³-hybridized carbons (Fsp3) is 0.480. The van der Waals surface area contributed by atoms with Gasteiger partial charge < -0.3 is 9.84 Å². The molecule has 0 radical (unpaired) electrons. The molecule has 2 aromatic rings. The lowest BCUT2D eigenvalue weighted by Crippen LogP contribution is -2.62. The lowest BCUT2D eigenvalue weighted by Gasteiger charge is -2.49. The summed E-state index contributed by atoms with van der Waals surface area (Å²) in [5.41, 5.74) is 2.02. The summed E-state index contributed by atoms with van der Waals surface area (Å²) in [6.45, 7) is 3.57. The Morgan fingerprint density at radius 1 is 1.19 bits per heavy atom. The molecule has 3 aliphatic heterocycles. The zero-order chi connectivity index (χ0) is 25.9. The molecule has 11 heteroatoms. The molecule has 5 rings (SSSR count). The van der Waals surface area contributed by atoms with E-state index in [1.165, 1.54) is 0 Å². The van der Waals surface area contributed by atoms with E-state index < -0.39 is 45.0 Å². The van der Waals surface area contributed by atoms with Crippen LogP contribution in [0.3, 0.4) is 0 Å². The minimum absolute atomic E-state index is 0.241. The van der Waals surface area contributed by atoms with Gasteiger partial charge in [0.1, 0.15) is 11.8 Å². The van der Waals surface area contributed by atoms with E-state index in [1.807, 2.05) is 17.0 Å². The molecule has 194 valence electrons. The number of benzene rings is 2. The molecular weight excluding hydrogens is 539 g/mol. The maximum absolute atomic E-state index is 14.4. The summed E-state index contributed by atoms with van der Waals surface area (Å²) in [4.78, 5) is 1.98. The van der Waals surface area contributed by atoms with Crippen molar-refractivity contribution in [2.45, 2.75) is 62.0 Å². The molecule has 3 heterocycles. The van der Waals surface area contributed by atoms with Crippen LogP contribution in [0, 0.1) is 5.82 Å². The first kappa shape index (κ1) is 26.3. The molecule has 2 aromatic carbocycles. The third kappa shape index (κ3) is 4.25. The number of likely N-dealkylation sites (tertiary alicyclic amines) is 1. The van der Waals surface area contributed by atoms with Crippen LogP contribution in [0.5, 0.6) is 0 Å². The molecule has 0 bridgehead atoms. The minimum Gasteiger partial charge on any atom is -0.378 e. The smallest absolute Gasteiger partial charge is 0.378 e. The van der Waals surface area contributed by atoms with Gasteiger partial charge in [0.05, 0.1) is 22.4 Å². The van der Waals surface area contributed by atoms with Crippen LogP contribution in [-0.2, 0) is 21.7 Å². The molecule has 0 aliphatic carbocycles. The minimum atomic E-state index is -4.69. The van der Waals surface area contributed by atoms with Crippen LogP contribution >= 0.6 is 35.1 Å². The molecule has 1 N–H and O–H groups in total. The van der Waals surface area contributed by atoms with Crippen molar-refractivity contribution < 1.29 is 27.4 Å². The highest BCUT2D eigenvalue weighted by atomic mass is 35.5. The van der Waals surface area contributed by atoms with E-state index in [0.29, 0.717) is 43.6 Å². The number of aliphatic hydroxyl groups is 1. The van der Waals surface area contributed by atoms with Gasteiger partial charge >= 0.3 is 6.18 Å². The van der Waals surface area contributed by atoms with Crippen LogP contribution < -0.4 is 0 Å². The number of halogens is 6. The molecule has 2 unspecified atom stereocenters. The van der Waals surface area contributed by atoms with E-state index in [1.54, 1.807) is 6.07 Å². The number of ether oxygens (including phenoxy) is 1. The predicted molar refractivity (Wildman–Crippen MR) is 133 cm³/mol. The lowest BCUT2D eigenvalue weighted by atomic mass is 9.83. The van der Waals surface area contributed by atoms with Crippen LogP contribution in [-0.4, -0.2) is 41.2 Å². The van der Waals surface area contributed by atoms with E-state index >= 15 is 0 Å². The van der Waals surface area contributed by atoms with Gasteiger partial charge in [0, 0.05) is 19.5 Å². The number of fused-ring (bicyclic) bond motifs is 2. The van der Waals surface area contributed by atoms with E-state index in [0.717, 1.165) is 36.1 Å². The molecule has 1 saturated heterocycles. The van der Waals surface area contributed by atoms with Crippen molar-refractivity contribution in [3.8, 4) is 0 Å². The zero-order valence-corrected chi connectivity index (χ0v) is 21.7. The summed E-state index contributed by atoms with van der Waals surface area (Å²) in [6, 6.07) is 7.43. The molecule has 0 amide bonds.